The first-order valence-electron chi connectivity index (χ1n) is 9.02. The summed E-state index contributed by atoms with van der Waals surface area (Å²) in [6.07, 6.45) is 3.73. The molecule has 4 saturated carbocycles. The van der Waals surface area contributed by atoms with Gasteiger partial charge in [0.25, 0.3) is 0 Å². The van der Waals surface area contributed by atoms with E-state index < -0.39 is 26.9 Å². The van der Waals surface area contributed by atoms with E-state index in [1.54, 1.807) is 6.92 Å². The molecule has 4 aliphatic rings. The van der Waals surface area contributed by atoms with E-state index in [-0.39, 0.29) is 17.6 Å². The molecule has 136 valence electrons. The second kappa shape index (κ2) is 4.80. The van der Waals surface area contributed by atoms with Crippen LogP contribution in [0.5, 0.6) is 0 Å². The molecule has 8 unspecified atom stereocenters. The maximum absolute atomic E-state index is 14.2. The Kier molecular flexibility index (Phi) is 3.39. The second-order valence-electron chi connectivity index (χ2n) is 9.31. The van der Waals surface area contributed by atoms with Crippen LogP contribution in [0.4, 0.5) is 8.78 Å². The molecule has 0 aliphatic heterocycles. The van der Waals surface area contributed by atoms with E-state index in [0.717, 1.165) is 19.3 Å². The van der Waals surface area contributed by atoms with Gasteiger partial charge in [-0.2, -0.15) is 8.78 Å². The molecule has 0 N–H and O–H groups in total. The molecule has 0 aromatic rings. The number of hydrogen-bond acceptors (Lipinski definition) is 3. The first-order chi connectivity index (χ1) is 10.9. The van der Waals surface area contributed by atoms with Crippen molar-refractivity contribution in [2.75, 3.05) is 6.26 Å². The van der Waals surface area contributed by atoms with Gasteiger partial charge in [-0.1, -0.05) is 6.92 Å². The lowest BCUT2D eigenvalue weighted by molar-refractivity contribution is -0.124. The average Bonchev–Trinajstić information content (AvgIpc) is 3.10. The summed E-state index contributed by atoms with van der Waals surface area (Å²) in [5.74, 6) is 2.95. The number of alkyl halides is 2. The van der Waals surface area contributed by atoms with Gasteiger partial charge in [0.2, 0.25) is 9.84 Å². The van der Waals surface area contributed by atoms with Gasteiger partial charge >= 0.3 is 5.25 Å². The van der Waals surface area contributed by atoms with Crippen LogP contribution in [-0.4, -0.2) is 25.7 Å². The molecule has 0 aromatic carbocycles. The average molecular weight is 360 g/mol. The van der Waals surface area contributed by atoms with Crippen LogP contribution < -0.4 is 0 Å². The van der Waals surface area contributed by atoms with Gasteiger partial charge in [0.1, 0.15) is 5.78 Å². The van der Waals surface area contributed by atoms with Gasteiger partial charge in [-0.05, 0) is 73.5 Å². The topological polar surface area (TPSA) is 51.2 Å². The molecule has 4 fully saturated rings. The Bertz CT molecular complexity index is 688. The number of Topliss-reactive ketones (excluding diaryl/α,β-unsaturated/α-hetero) is 1. The molecule has 3 nitrogen and oxygen atoms in total. The van der Waals surface area contributed by atoms with Crippen molar-refractivity contribution in [1.82, 2.24) is 0 Å². The van der Waals surface area contributed by atoms with E-state index in [2.05, 4.69) is 0 Å². The van der Waals surface area contributed by atoms with Gasteiger partial charge in [-0.15, -0.1) is 0 Å². The molecular weight excluding hydrogens is 334 g/mol. The lowest BCUT2D eigenvalue weighted by Gasteiger charge is -2.46. The fraction of sp³-hybridized carbons (Fsp3) is 0.944. The molecule has 0 radical (unpaired) electrons. The molecule has 4 aliphatic carbocycles. The summed E-state index contributed by atoms with van der Waals surface area (Å²) in [6.45, 7) is 3.56. The summed E-state index contributed by atoms with van der Waals surface area (Å²) in [4.78, 5) is 11.9. The molecular formula is C18H26F2O3S. The largest absolute Gasteiger partial charge is 0.345 e. The Hall–Kier alpha value is -0.520. The van der Waals surface area contributed by atoms with E-state index >= 15 is 0 Å². The number of hydrogen-bond donors (Lipinski definition) is 0. The highest BCUT2D eigenvalue weighted by atomic mass is 32.2. The zero-order valence-corrected chi connectivity index (χ0v) is 15.3. The normalized spacial score (nSPS) is 49.6. The van der Waals surface area contributed by atoms with Crippen LogP contribution in [0.2, 0.25) is 0 Å². The smallest absolute Gasteiger partial charge is 0.300 e. The molecule has 24 heavy (non-hydrogen) atoms. The van der Waals surface area contributed by atoms with Crippen molar-refractivity contribution < 1.29 is 22.0 Å². The predicted octanol–water partition coefficient (Wildman–Crippen LogP) is 3.54. The lowest BCUT2D eigenvalue weighted by Crippen LogP contribution is -2.45. The van der Waals surface area contributed by atoms with Gasteiger partial charge in [0, 0.05) is 18.6 Å². The summed E-state index contributed by atoms with van der Waals surface area (Å²) in [5, 5.41) is -3.64. The van der Waals surface area contributed by atoms with Crippen molar-refractivity contribution >= 4 is 15.6 Å². The van der Waals surface area contributed by atoms with Crippen LogP contribution in [-0.2, 0) is 14.6 Å². The molecule has 6 heteroatoms. The van der Waals surface area contributed by atoms with Gasteiger partial charge in [-0.25, -0.2) is 8.42 Å². The van der Waals surface area contributed by atoms with Crippen molar-refractivity contribution in [1.29, 1.82) is 0 Å². The summed E-state index contributed by atoms with van der Waals surface area (Å²) < 4.78 is 51.4. The summed E-state index contributed by atoms with van der Waals surface area (Å²) in [7, 11) is -4.38. The summed E-state index contributed by atoms with van der Waals surface area (Å²) in [6, 6.07) is 0. The minimum absolute atomic E-state index is 0.180. The number of carbonyl (C=O) groups is 1. The third-order valence-corrected chi connectivity index (χ3v) is 9.22. The lowest BCUT2D eigenvalue weighted by atomic mass is 9.59. The summed E-state index contributed by atoms with van der Waals surface area (Å²) >= 11 is 0. The molecule has 4 rings (SSSR count). The van der Waals surface area contributed by atoms with Crippen LogP contribution in [0.3, 0.4) is 0 Å². The first-order valence-corrected chi connectivity index (χ1v) is 10.9. The van der Waals surface area contributed by atoms with E-state index in [4.69, 9.17) is 0 Å². The minimum atomic E-state index is -4.38. The maximum atomic E-state index is 14.2. The third kappa shape index (κ3) is 2.10. The van der Waals surface area contributed by atoms with Crippen LogP contribution in [0.25, 0.3) is 0 Å². The molecule has 0 amide bonds. The molecule has 0 heterocycles. The van der Waals surface area contributed by atoms with Crippen molar-refractivity contribution in [2.24, 2.45) is 46.8 Å². The number of halogens is 2. The van der Waals surface area contributed by atoms with Gasteiger partial charge in [-0.3, -0.25) is 4.79 Å². The zero-order chi connectivity index (χ0) is 17.7. The van der Waals surface area contributed by atoms with Crippen molar-refractivity contribution in [3.63, 3.8) is 0 Å². The molecule has 4 bridgehead atoms. The van der Waals surface area contributed by atoms with E-state index in [9.17, 15) is 22.0 Å². The summed E-state index contributed by atoms with van der Waals surface area (Å²) in [5.41, 5.74) is -0.589. The van der Waals surface area contributed by atoms with E-state index in [1.165, 1.54) is 0 Å². The van der Waals surface area contributed by atoms with Gasteiger partial charge in [0.15, 0.2) is 0 Å². The number of ketones is 1. The van der Waals surface area contributed by atoms with Gasteiger partial charge < -0.3 is 0 Å². The SMILES string of the molecule is CC(=O)C1CC2CC1C1C3CC(C21)C(C)(CC(F)(F)S(C)(=O)=O)C3. The molecule has 0 aromatic heterocycles. The van der Waals surface area contributed by atoms with Crippen molar-refractivity contribution in [3.05, 3.63) is 0 Å². The highest BCUT2D eigenvalue weighted by Crippen LogP contribution is 2.74. The third-order valence-electron chi connectivity index (χ3n) is 8.00. The van der Waals surface area contributed by atoms with Crippen LogP contribution in [0.15, 0.2) is 0 Å². The van der Waals surface area contributed by atoms with E-state index in [0.29, 0.717) is 42.3 Å². The molecule has 8 atom stereocenters. The zero-order valence-electron chi connectivity index (χ0n) is 14.5. The second-order valence-corrected chi connectivity index (χ2v) is 11.5. The standard InChI is InChI=1S/C18H26F2O3S/c1-9(21)12-4-10-5-13(12)15-11-6-14(16(10)15)17(2,7-11)8-18(19,20)24(3,22)23/h10-16H,4-8H2,1-3H3. The Morgan fingerprint density at radius 1 is 1.17 bits per heavy atom. The first kappa shape index (κ1) is 16.9. The van der Waals surface area contributed by atoms with Crippen molar-refractivity contribution in [2.45, 2.75) is 51.2 Å². The number of rotatable bonds is 4. The number of carbonyl (C=O) groups excluding carboxylic acids is 1. The van der Waals surface area contributed by atoms with Crippen molar-refractivity contribution in [3.8, 4) is 0 Å². The quantitative estimate of drug-likeness (QED) is 0.721. The monoisotopic (exact) mass is 360 g/mol. The fourth-order valence-corrected chi connectivity index (χ4v) is 7.93. The predicted molar refractivity (Wildman–Crippen MR) is 86.1 cm³/mol. The Labute approximate surface area is 142 Å². The Morgan fingerprint density at radius 3 is 2.42 bits per heavy atom. The fourth-order valence-electron chi connectivity index (χ4n) is 7.34. The van der Waals surface area contributed by atoms with Gasteiger partial charge in [0.05, 0.1) is 0 Å². The molecule has 0 saturated heterocycles. The van der Waals surface area contributed by atoms with E-state index in [1.807, 2.05) is 6.92 Å². The minimum Gasteiger partial charge on any atom is -0.300 e. The van der Waals surface area contributed by atoms with Crippen LogP contribution in [0, 0.1) is 46.8 Å². The number of fused-ring (bicyclic) bond motifs is 9. The number of sulfone groups is 1. The maximum Gasteiger partial charge on any atom is 0.345 e. The Morgan fingerprint density at radius 2 is 1.83 bits per heavy atom. The highest BCUT2D eigenvalue weighted by Gasteiger charge is 2.69. The van der Waals surface area contributed by atoms with Crippen LogP contribution >= 0.6 is 0 Å². The highest BCUT2D eigenvalue weighted by molar-refractivity contribution is 7.91. The Balaban J connectivity index is 1.59. The van der Waals surface area contributed by atoms with Crippen LogP contribution in [0.1, 0.15) is 46.0 Å². The molecule has 0 spiro atoms.